The highest BCUT2D eigenvalue weighted by atomic mass is 35.5. The number of oxime groups is 1. The van der Waals surface area contributed by atoms with Gasteiger partial charge in [-0.3, -0.25) is 0 Å². The monoisotopic (exact) mass is 427 g/mol. The van der Waals surface area contributed by atoms with Gasteiger partial charge in [-0.25, -0.2) is 9.18 Å². The van der Waals surface area contributed by atoms with Crippen molar-refractivity contribution >= 4 is 23.8 Å². The van der Waals surface area contributed by atoms with Crippen LogP contribution < -0.4 is 9.47 Å². The van der Waals surface area contributed by atoms with Crippen LogP contribution in [0, 0.1) is 5.82 Å². The first kappa shape index (κ1) is 21.3. The Balaban J connectivity index is 1.59. The molecule has 0 radical (unpaired) electrons. The Labute approximate surface area is 178 Å². The van der Waals surface area contributed by atoms with Crippen LogP contribution in [0.2, 0.25) is 5.02 Å². The van der Waals surface area contributed by atoms with Crippen LogP contribution in [0.1, 0.15) is 16.7 Å². The third kappa shape index (κ3) is 6.32. The standard InChI is InChI=1S/C23H19ClFNO4/c1-28-22-11-4-17(12-18(22)15-29-21-9-7-20(25)8-10-21)14-26-30-23(27)13-16-2-5-19(24)6-3-16/h2-12,14H,13,15H2,1H3/b26-14-. The molecule has 7 heteroatoms. The smallest absolute Gasteiger partial charge is 0.339 e. The molecule has 0 aliphatic carbocycles. The number of carbonyl (C=O) groups excluding carboxylic acids is 1. The fourth-order valence-electron chi connectivity index (χ4n) is 2.63. The normalized spacial score (nSPS) is 10.8. The van der Waals surface area contributed by atoms with Gasteiger partial charge in [-0.1, -0.05) is 28.9 Å². The van der Waals surface area contributed by atoms with Crippen LogP contribution in [-0.4, -0.2) is 19.3 Å². The maximum atomic E-state index is 13.0. The molecule has 0 unspecified atom stereocenters. The van der Waals surface area contributed by atoms with Crippen molar-refractivity contribution in [2.45, 2.75) is 13.0 Å². The van der Waals surface area contributed by atoms with Crippen molar-refractivity contribution in [2.24, 2.45) is 5.16 Å². The molecular weight excluding hydrogens is 409 g/mol. The predicted octanol–water partition coefficient (Wildman–Crippen LogP) is 5.19. The maximum absolute atomic E-state index is 13.0. The molecule has 3 rings (SSSR count). The van der Waals surface area contributed by atoms with Crippen LogP contribution in [0.5, 0.6) is 11.5 Å². The maximum Gasteiger partial charge on any atom is 0.339 e. The lowest BCUT2D eigenvalue weighted by Crippen LogP contribution is -2.04. The second-order valence-electron chi connectivity index (χ2n) is 6.31. The zero-order valence-electron chi connectivity index (χ0n) is 16.2. The van der Waals surface area contributed by atoms with Gasteiger partial charge in [0.2, 0.25) is 0 Å². The summed E-state index contributed by atoms with van der Waals surface area (Å²) in [5.74, 6) is 0.355. The first-order valence-corrected chi connectivity index (χ1v) is 9.44. The Kier molecular flexibility index (Phi) is 7.40. The first-order chi connectivity index (χ1) is 14.5. The van der Waals surface area contributed by atoms with Crippen LogP contribution in [0.4, 0.5) is 4.39 Å². The Morgan fingerprint density at radius 3 is 2.50 bits per heavy atom. The number of benzene rings is 3. The van der Waals surface area contributed by atoms with Crippen molar-refractivity contribution in [3.05, 3.63) is 94.3 Å². The number of rotatable bonds is 8. The summed E-state index contributed by atoms with van der Waals surface area (Å²) in [7, 11) is 1.56. The minimum absolute atomic E-state index is 0.0912. The van der Waals surface area contributed by atoms with Crippen molar-refractivity contribution in [2.75, 3.05) is 7.11 Å². The first-order valence-electron chi connectivity index (χ1n) is 9.06. The van der Waals surface area contributed by atoms with Gasteiger partial charge in [-0.2, -0.15) is 0 Å². The molecule has 0 aliphatic rings. The topological polar surface area (TPSA) is 57.1 Å². The van der Waals surface area contributed by atoms with Crippen molar-refractivity contribution in [3.63, 3.8) is 0 Å². The molecule has 30 heavy (non-hydrogen) atoms. The van der Waals surface area contributed by atoms with Gasteiger partial charge in [0.1, 0.15) is 23.9 Å². The van der Waals surface area contributed by atoms with Gasteiger partial charge < -0.3 is 14.3 Å². The van der Waals surface area contributed by atoms with E-state index in [2.05, 4.69) is 5.16 Å². The molecule has 0 aromatic heterocycles. The molecule has 0 spiro atoms. The molecule has 0 bridgehead atoms. The summed E-state index contributed by atoms with van der Waals surface area (Å²) in [6.45, 7) is 0.215. The molecule has 0 saturated heterocycles. The predicted molar refractivity (Wildman–Crippen MR) is 113 cm³/mol. The van der Waals surface area contributed by atoms with Gasteiger partial charge in [-0.15, -0.1) is 0 Å². The number of halogens is 2. The van der Waals surface area contributed by atoms with Gasteiger partial charge in [0, 0.05) is 10.6 Å². The van der Waals surface area contributed by atoms with Crippen molar-refractivity contribution in [3.8, 4) is 11.5 Å². The van der Waals surface area contributed by atoms with Gasteiger partial charge in [0.05, 0.1) is 19.7 Å². The largest absolute Gasteiger partial charge is 0.496 e. The van der Waals surface area contributed by atoms with E-state index >= 15 is 0 Å². The van der Waals surface area contributed by atoms with Crippen molar-refractivity contribution < 1.29 is 23.5 Å². The molecule has 3 aromatic rings. The molecule has 0 fully saturated rings. The summed E-state index contributed by atoms with van der Waals surface area (Å²) in [6, 6.07) is 18.0. The molecule has 0 atom stereocenters. The second kappa shape index (κ2) is 10.4. The minimum Gasteiger partial charge on any atom is -0.496 e. The number of hydrogen-bond acceptors (Lipinski definition) is 5. The van der Waals surface area contributed by atoms with E-state index in [4.69, 9.17) is 25.9 Å². The number of nitrogens with zero attached hydrogens (tertiary/aromatic N) is 1. The number of ether oxygens (including phenoxy) is 2. The quantitative estimate of drug-likeness (QED) is 0.282. The third-order valence-corrected chi connectivity index (χ3v) is 4.38. The molecule has 0 amide bonds. The average molecular weight is 428 g/mol. The van der Waals surface area contributed by atoms with E-state index in [0.29, 0.717) is 22.1 Å². The van der Waals surface area contributed by atoms with Crippen LogP contribution >= 0.6 is 11.6 Å². The summed E-state index contributed by atoms with van der Waals surface area (Å²) in [4.78, 5) is 16.8. The molecule has 0 N–H and O–H groups in total. The van der Waals surface area contributed by atoms with E-state index in [0.717, 1.165) is 11.1 Å². The van der Waals surface area contributed by atoms with Crippen molar-refractivity contribution in [1.29, 1.82) is 0 Å². The zero-order chi connectivity index (χ0) is 21.3. The van der Waals surface area contributed by atoms with E-state index in [1.165, 1.54) is 18.3 Å². The van der Waals surface area contributed by atoms with Crippen LogP contribution in [0.3, 0.4) is 0 Å². The Morgan fingerprint density at radius 1 is 1.07 bits per heavy atom. The molecule has 0 saturated carbocycles. The van der Waals surface area contributed by atoms with Crippen molar-refractivity contribution in [1.82, 2.24) is 0 Å². The summed E-state index contributed by atoms with van der Waals surface area (Å²) in [5.41, 5.74) is 2.25. The molecule has 5 nitrogen and oxygen atoms in total. The highest BCUT2D eigenvalue weighted by Crippen LogP contribution is 2.22. The summed E-state index contributed by atoms with van der Waals surface area (Å²) >= 11 is 5.82. The second-order valence-corrected chi connectivity index (χ2v) is 6.75. The lowest BCUT2D eigenvalue weighted by Gasteiger charge is -2.11. The lowest BCUT2D eigenvalue weighted by molar-refractivity contribution is -0.142. The zero-order valence-corrected chi connectivity index (χ0v) is 16.9. The van der Waals surface area contributed by atoms with Gasteiger partial charge >= 0.3 is 5.97 Å². The number of methoxy groups -OCH3 is 1. The average Bonchev–Trinajstić information content (AvgIpc) is 2.75. The van der Waals surface area contributed by atoms with E-state index < -0.39 is 5.97 Å². The van der Waals surface area contributed by atoms with E-state index in [-0.39, 0.29) is 18.8 Å². The van der Waals surface area contributed by atoms with Crippen LogP contribution in [-0.2, 0) is 22.7 Å². The molecule has 0 aliphatic heterocycles. The van der Waals surface area contributed by atoms with Crippen LogP contribution in [0.25, 0.3) is 0 Å². The Hall–Kier alpha value is -3.38. The highest BCUT2D eigenvalue weighted by Gasteiger charge is 2.07. The van der Waals surface area contributed by atoms with Gasteiger partial charge in [0.15, 0.2) is 0 Å². The third-order valence-electron chi connectivity index (χ3n) is 4.13. The van der Waals surface area contributed by atoms with Crippen LogP contribution in [0.15, 0.2) is 71.9 Å². The Bertz CT molecular complexity index is 1020. The Morgan fingerprint density at radius 2 is 1.80 bits per heavy atom. The summed E-state index contributed by atoms with van der Waals surface area (Å²) < 4.78 is 24.0. The fraction of sp³-hybridized carbons (Fsp3) is 0.130. The minimum atomic E-state index is -0.484. The fourth-order valence-corrected chi connectivity index (χ4v) is 2.76. The highest BCUT2D eigenvalue weighted by molar-refractivity contribution is 6.30. The van der Waals surface area contributed by atoms with E-state index in [9.17, 15) is 9.18 Å². The number of carbonyl (C=O) groups is 1. The lowest BCUT2D eigenvalue weighted by atomic mass is 10.1. The van der Waals surface area contributed by atoms with E-state index in [1.54, 1.807) is 61.7 Å². The van der Waals surface area contributed by atoms with Gasteiger partial charge in [0.25, 0.3) is 0 Å². The van der Waals surface area contributed by atoms with Gasteiger partial charge in [-0.05, 0) is 65.7 Å². The molecule has 0 heterocycles. The van der Waals surface area contributed by atoms with E-state index in [1.807, 2.05) is 0 Å². The number of hydrogen-bond donors (Lipinski definition) is 0. The molecule has 3 aromatic carbocycles. The summed E-state index contributed by atoms with van der Waals surface area (Å²) in [6.07, 6.45) is 1.52. The molecular formula is C23H19ClFNO4. The molecule has 154 valence electrons. The summed E-state index contributed by atoms with van der Waals surface area (Å²) in [5, 5.41) is 4.36. The SMILES string of the molecule is COc1ccc(/C=N\OC(=O)Cc2ccc(Cl)cc2)cc1COc1ccc(F)cc1.